The van der Waals surface area contributed by atoms with E-state index >= 15 is 0 Å². The molecule has 0 aliphatic carbocycles. The number of nitrogens with two attached hydrogens (primary N) is 1. The van der Waals surface area contributed by atoms with Crippen molar-refractivity contribution in [1.29, 1.82) is 5.26 Å². The van der Waals surface area contributed by atoms with Crippen molar-refractivity contribution in [1.82, 2.24) is 9.80 Å². The average molecular weight is 391 g/mol. The number of primary amides is 1. The Bertz CT molecular complexity index is 362. The third-order valence-electron chi connectivity index (χ3n) is 2.96. The van der Waals surface area contributed by atoms with Gasteiger partial charge in [-0.2, -0.15) is 5.26 Å². The molecular formula is C18H38N4O5. The molecule has 9 heteroatoms. The van der Waals surface area contributed by atoms with Gasteiger partial charge < -0.3 is 34.5 Å². The van der Waals surface area contributed by atoms with Crippen LogP contribution in [0.15, 0.2) is 0 Å². The summed E-state index contributed by atoms with van der Waals surface area (Å²) < 4.78 is 20.8. The number of hydrogen-bond acceptors (Lipinski definition) is 8. The van der Waals surface area contributed by atoms with Crippen LogP contribution in [0.25, 0.3) is 0 Å². The first-order chi connectivity index (χ1) is 12.9. The molecule has 160 valence electrons. The molecule has 0 radical (unpaired) electrons. The standard InChI is InChI=1S/C9H20N2O3.C9H18N2O2/c1-11(2)4-6-14-8-7-13-5-3-9(10)12;1-11(2)5-7-13-9-8-12-6-3-4-10/h3-8H2,1-2H3,(H2,10,12);3,5-9H2,1-2H3. The van der Waals surface area contributed by atoms with E-state index in [9.17, 15) is 4.79 Å². The lowest BCUT2D eigenvalue weighted by atomic mass is 10.4. The maximum absolute atomic E-state index is 10.3. The van der Waals surface area contributed by atoms with E-state index in [2.05, 4.69) is 4.90 Å². The first-order valence-corrected chi connectivity index (χ1v) is 9.15. The smallest absolute Gasteiger partial charge is 0.219 e. The quantitative estimate of drug-likeness (QED) is 0.344. The Balaban J connectivity index is 0. The Kier molecular flexibility index (Phi) is 23.5. The fourth-order valence-corrected chi connectivity index (χ4v) is 1.43. The Labute approximate surface area is 164 Å². The molecule has 9 nitrogen and oxygen atoms in total. The van der Waals surface area contributed by atoms with E-state index < -0.39 is 0 Å². The van der Waals surface area contributed by atoms with Crippen molar-refractivity contribution in [3.63, 3.8) is 0 Å². The van der Waals surface area contributed by atoms with Crippen molar-refractivity contribution in [2.45, 2.75) is 12.8 Å². The summed E-state index contributed by atoms with van der Waals surface area (Å²) in [7, 11) is 8.00. The van der Waals surface area contributed by atoms with Gasteiger partial charge in [0.25, 0.3) is 0 Å². The number of rotatable bonds is 17. The average Bonchev–Trinajstić information content (AvgIpc) is 2.59. The fraction of sp³-hybridized carbons (Fsp3) is 0.889. The van der Waals surface area contributed by atoms with E-state index in [4.69, 9.17) is 29.9 Å². The molecule has 0 aromatic rings. The number of likely N-dealkylation sites (N-methyl/N-ethyl adjacent to an activating group) is 2. The van der Waals surface area contributed by atoms with Gasteiger partial charge in [0.2, 0.25) is 5.91 Å². The van der Waals surface area contributed by atoms with Crippen molar-refractivity contribution in [3.05, 3.63) is 0 Å². The molecule has 0 saturated heterocycles. The zero-order chi connectivity index (χ0) is 20.8. The van der Waals surface area contributed by atoms with Crippen LogP contribution < -0.4 is 5.73 Å². The Morgan fingerprint density at radius 2 is 1.19 bits per heavy atom. The summed E-state index contributed by atoms with van der Waals surface area (Å²) >= 11 is 0. The van der Waals surface area contributed by atoms with Gasteiger partial charge in [-0.05, 0) is 28.2 Å². The topological polar surface area (TPSA) is 110 Å². The number of amides is 1. The zero-order valence-corrected chi connectivity index (χ0v) is 17.4. The van der Waals surface area contributed by atoms with Crippen molar-refractivity contribution < 1.29 is 23.7 Å². The highest BCUT2D eigenvalue weighted by atomic mass is 16.5. The van der Waals surface area contributed by atoms with Crippen LogP contribution in [0.2, 0.25) is 0 Å². The van der Waals surface area contributed by atoms with Crippen LogP contribution in [-0.4, -0.2) is 110 Å². The first-order valence-electron chi connectivity index (χ1n) is 9.15. The van der Waals surface area contributed by atoms with Crippen molar-refractivity contribution in [2.24, 2.45) is 5.73 Å². The minimum Gasteiger partial charge on any atom is -0.379 e. The first kappa shape index (κ1) is 27.9. The van der Waals surface area contributed by atoms with Gasteiger partial charge in [0.1, 0.15) is 0 Å². The number of nitrogens with zero attached hydrogens (tertiary/aromatic N) is 3. The molecule has 0 aromatic heterocycles. The number of carbonyl (C=O) groups is 1. The van der Waals surface area contributed by atoms with Crippen LogP contribution >= 0.6 is 0 Å². The third-order valence-corrected chi connectivity index (χ3v) is 2.96. The molecule has 0 fully saturated rings. The van der Waals surface area contributed by atoms with Gasteiger partial charge in [-0.3, -0.25) is 4.79 Å². The van der Waals surface area contributed by atoms with Crippen molar-refractivity contribution >= 4 is 5.91 Å². The van der Waals surface area contributed by atoms with Crippen LogP contribution in [0.3, 0.4) is 0 Å². The molecule has 0 bridgehead atoms. The Morgan fingerprint density at radius 1 is 0.778 bits per heavy atom. The summed E-state index contributed by atoms with van der Waals surface area (Å²) in [5.41, 5.74) is 4.93. The summed E-state index contributed by atoms with van der Waals surface area (Å²) in [5, 5.41) is 8.20. The predicted molar refractivity (Wildman–Crippen MR) is 104 cm³/mol. The fourth-order valence-electron chi connectivity index (χ4n) is 1.43. The van der Waals surface area contributed by atoms with Crippen LogP contribution in [0.4, 0.5) is 0 Å². The second-order valence-corrected chi connectivity index (χ2v) is 6.18. The van der Waals surface area contributed by atoms with E-state index in [0.717, 1.165) is 19.7 Å². The molecule has 0 aliphatic heterocycles. The molecule has 27 heavy (non-hydrogen) atoms. The molecule has 0 rings (SSSR count). The summed E-state index contributed by atoms with van der Waals surface area (Å²) in [6, 6.07) is 2.01. The van der Waals surface area contributed by atoms with Crippen LogP contribution in [0.1, 0.15) is 12.8 Å². The molecule has 2 N–H and O–H groups in total. The number of carbonyl (C=O) groups excluding carboxylic acids is 1. The van der Waals surface area contributed by atoms with Crippen LogP contribution in [0, 0.1) is 11.3 Å². The largest absolute Gasteiger partial charge is 0.379 e. The third kappa shape index (κ3) is 32.8. The SMILES string of the molecule is CN(C)CCOCCOCCC#N.CN(C)CCOCCOCCC(N)=O. The number of hydrogen-bond donors (Lipinski definition) is 1. The molecule has 0 atom stereocenters. The van der Waals surface area contributed by atoms with Gasteiger partial charge in [0.05, 0.1) is 65.3 Å². The lowest BCUT2D eigenvalue weighted by Crippen LogP contribution is -2.19. The van der Waals surface area contributed by atoms with Crippen molar-refractivity contribution in [2.75, 3.05) is 94.1 Å². The normalized spacial score (nSPS) is 10.6. The highest BCUT2D eigenvalue weighted by Gasteiger charge is 1.95. The van der Waals surface area contributed by atoms with Gasteiger partial charge in [0, 0.05) is 19.5 Å². The molecule has 0 aromatic carbocycles. The van der Waals surface area contributed by atoms with Crippen molar-refractivity contribution in [3.8, 4) is 6.07 Å². The number of nitriles is 1. The summed E-state index contributed by atoms with van der Waals surface area (Å²) in [6.07, 6.45) is 0.732. The van der Waals surface area contributed by atoms with Gasteiger partial charge in [-0.25, -0.2) is 0 Å². The lowest BCUT2D eigenvalue weighted by Gasteiger charge is -2.09. The highest BCUT2D eigenvalue weighted by Crippen LogP contribution is 1.84. The molecule has 1 amide bonds. The van der Waals surface area contributed by atoms with Gasteiger partial charge in [-0.1, -0.05) is 0 Å². The minimum absolute atomic E-state index is 0.275. The van der Waals surface area contributed by atoms with Crippen LogP contribution in [-0.2, 0) is 23.7 Å². The monoisotopic (exact) mass is 390 g/mol. The molecule has 0 heterocycles. The highest BCUT2D eigenvalue weighted by molar-refractivity contribution is 5.73. The Morgan fingerprint density at radius 3 is 1.56 bits per heavy atom. The summed E-state index contributed by atoms with van der Waals surface area (Å²) in [5.74, 6) is -0.335. The Hall–Kier alpha value is -1.28. The van der Waals surface area contributed by atoms with E-state index in [1.807, 2.05) is 39.2 Å². The van der Waals surface area contributed by atoms with Gasteiger partial charge >= 0.3 is 0 Å². The molecule has 0 spiro atoms. The zero-order valence-electron chi connectivity index (χ0n) is 17.4. The summed E-state index contributed by atoms with van der Waals surface area (Å²) in [6.45, 7) is 6.42. The predicted octanol–water partition coefficient (Wildman–Crippen LogP) is -0.0485. The van der Waals surface area contributed by atoms with Gasteiger partial charge in [-0.15, -0.1) is 0 Å². The van der Waals surface area contributed by atoms with Crippen LogP contribution in [0.5, 0.6) is 0 Å². The molecular weight excluding hydrogens is 352 g/mol. The van der Waals surface area contributed by atoms with E-state index in [1.165, 1.54) is 0 Å². The van der Waals surface area contributed by atoms with E-state index in [-0.39, 0.29) is 12.3 Å². The lowest BCUT2D eigenvalue weighted by molar-refractivity contribution is -0.119. The second-order valence-electron chi connectivity index (χ2n) is 6.18. The molecule has 0 aliphatic rings. The molecule has 0 saturated carbocycles. The summed E-state index contributed by atoms with van der Waals surface area (Å²) in [4.78, 5) is 14.4. The maximum atomic E-state index is 10.3. The second kappa shape index (κ2) is 22.8. The maximum Gasteiger partial charge on any atom is 0.219 e. The van der Waals surface area contributed by atoms with Gasteiger partial charge in [0.15, 0.2) is 0 Å². The van der Waals surface area contributed by atoms with E-state index in [1.54, 1.807) is 0 Å². The minimum atomic E-state index is -0.335. The molecule has 0 unspecified atom stereocenters. The number of ether oxygens (including phenoxy) is 4. The van der Waals surface area contributed by atoms with E-state index in [0.29, 0.717) is 52.7 Å².